The number of nitrogens with zero attached hydrogens (tertiary/aromatic N) is 1. The summed E-state index contributed by atoms with van der Waals surface area (Å²) in [6.07, 6.45) is 1.74. The van der Waals surface area contributed by atoms with Crippen LogP contribution in [0.4, 0.5) is 5.69 Å². The van der Waals surface area contributed by atoms with Crippen LogP contribution in [0.25, 0.3) is 0 Å². The van der Waals surface area contributed by atoms with Crippen molar-refractivity contribution in [3.63, 3.8) is 0 Å². The highest BCUT2D eigenvalue weighted by Crippen LogP contribution is 2.15. The molecule has 0 heterocycles. The molecule has 3 rings (SSSR count). The summed E-state index contributed by atoms with van der Waals surface area (Å²) in [5, 5.41) is 4.21. The number of carbonyl (C=O) groups excluding carboxylic acids is 1. The summed E-state index contributed by atoms with van der Waals surface area (Å²) in [6.45, 7) is 0.736. The summed E-state index contributed by atoms with van der Waals surface area (Å²) in [4.78, 5) is 11.5. The second kappa shape index (κ2) is 10.5. The van der Waals surface area contributed by atoms with Gasteiger partial charge in [-0.3, -0.25) is 5.43 Å². The molecule has 0 bridgehead atoms. The molecule has 0 aliphatic rings. The average molecular weight is 390 g/mol. The first-order valence-corrected chi connectivity index (χ1v) is 9.13. The molecule has 3 aromatic carbocycles. The minimum absolute atomic E-state index is 0.356. The van der Waals surface area contributed by atoms with E-state index in [9.17, 15) is 4.79 Å². The molecule has 0 saturated heterocycles. The Morgan fingerprint density at radius 1 is 0.897 bits per heavy atom. The number of esters is 1. The van der Waals surface area contributed by atoms with Crippen LogP contribution < -0.4 is 14.9 Å². The van der Waals surface area contributed by atoms with Gasteiger partial charge in [-0.15, -0.1) is 0 Å². The zero-order chi connectivity index (χ0) is 20.3. The molecule has 0 aromatic heterocycles. The minimum Gasteiger partial charge on any atom is -0.490 e. The number of nitrogens with one attached hydrogen (secondary N) is 1. The molecule has 6 heteroatoms. The van der Waals surface area contributed by atoms with Crippen LogP contribution in [-0.2, 0) is 4.74 Å². The molecule has 1 N–H and O–H groups in total. The fraction of sp³-hybridized carbons (Fsp3) is 0.130. The van der Waals surface area contributed by atoms with E-state index in [1.165, 1.54) is 7.11 Å². The fourth-order valence-corrected chi connectivity index (χ4v) is 2.49. The van der Waals surface area contributed by atoms with E-state index in [1.54, 1.807) is 30.5 Å². The largest absolute Gasteiger partial charge is 0.490 e. The van der Waals surface area contributed by atoms with Crippen molar-refractivity contribution in [1.29, 1.82) is 0 Å². The second-order valence-electron chi connectivity index (χ2n) is 6.02. The van der Waals surface area contributed by atoms with E-state index in [0.29, 0.717) is 24.5 Å². The number of hydrogen-bond donors (Lipinski definition) is 1. The molecule has 0 aliphatic carbocycles. The van der Waals surface area contributed by atoms with Gasteiger partial charge in [-0.2, -0.15) is 5.10 Å². The summed E-state index contributed by atoms with van der Waals surface area (Å²) in [5.41, 5.74) is 5.31. The minimum atomic E-state index is -0.394. The van der Waals surface area contributed by atoms with Gasteiger partial charge in [-0.1, -0.05) is 24.3 Å². The lowest BCUT2D eigenvalue weighted by Crippen LogP contribution is -2.09. The SMILES string of the molecule is COC(=O)c1cccc(OCCOc2ccc(C=NNc3ccccc3)cc2)c1. The fourth-order valence-electron chi connectivity index (χ4n) is 2.49. The van der Waals surface area contributed by atoms with Crippen LogP contribution in [0.3, 0.4) is 0 Å². The van der Waals surface area contributed by atoms with Crippen LogP contribution >= 0.6 is 0 Å². The quantitative estimate of drug-likeness (QED) is 0.254. The van der Waals surface area contributed by atoms with Gasteiger partial charge in [0.1, 0.15) is 24.7 Å². The van der Waals surface area contributed by atoms with Crippen molar-refractivity contribution >= 4 is 17.9 Å². The topological polar surface area (TPSA) is 69.2 Å². The number of rotatable bonds is 9. The number of hydrogen-bond acceptors (Lipinski definition) is 6. The zero-order valence-corrected chi connectivity index (χ0v) is 16.1. The highest BCUT2D eigenvalue weighted by Gasteiger charge is 2.06. The lowest BCUT2D eigenvalue weighted by Gasteiger charge is -2.09. The molecular formula is C23H22N2O4. The van der Waals surface area contributed by atoms with Crippen molar-refractivity contribution in [3.05, 3.63) is 90.0 Å². The lowest BCUT2D eigenvalue weighted by atomic mass is 10.2. The Labute approximate surface area is 169 Å². The third-order valence-electron chi connectivity index (χ3n) is 3.94. The Balaban J connectivity index is 1.42. The summed E-state index contributed by atoms with van der Waals surface area (Å²) >= 11 is 0. The molecule has 148 valence electrons. The standard InChI is InChI=1S/C23H22N2O4/c1-27-23(26)19-6-5-9-22(16-19)29-15-14-28-21-12-10-18(11-13-21)17-24-25-20-7-3-2-4-8-20/h2-13,16-17,25H,14-15H2,1H3. The predicted molar refractivity (Wildman–Crippen MR) is 113 cm³/mol. The number of hydrazone groups is 1. The van der Waals surface area contributed by atoms with E-state index < -0.39 is 5.97 Å². The normalized spacial score (nSPS) is 10.5. The highest BCUT2D eigenvalue weighted by molar-refractivity contribution is 5.89. The van der Waals surface area contributed by atoms with Crippen LogP contribution in [0.1, 0.15) is 15.9 Å². The lowest BCUT2D eigenvalue weighted by molar-refractivity contribution is 0.0600. The molecule has 0 aliphatic heterocycles. The summed E-state index contributed by atoms with van der Waals surface area (Å²) in [7, 11) is 1.35. The predicted octanol–water partition coefficient (Wildman–Crippen LogP) is 4.38. The van der Waals surface area contributed by atoms with Gasteiger partial charge in [-0.05, 0) is 60.2 Å². The van der Waals surface area contributed by atoms with Crippen molar-refractivity contribution in [1.82, 2.24) is 0 Å². The van der Waals surface area contributed by atoms with Crippen molar-refractivity contribution in [2.24, 2.45) is 5.10 Å². The molecule has 0 saturated carbocycles. The van der Waals surface area contributed by atoms with Crippen LogP contribution in [0.15, 0.2) is 84.0 Å². The molecule has 0 amide bonds. The molecule has 3 aromatic rings. The van der Waals surface area contributed by atoms with E-state index >= 15 is 0 Å². The van der Waals surface area contributed by atoms with Crippen molar-refractivity contribution in [3.8, 4) is 11.5 Å². The van der Waals surface area contributed by atoms with E-state index in [2.05, 4.69) is 10.5 Å². The Bertz CT molecular complexity index is 941. The number of anilines is 1. The molecular weight excluding hydrogens is 368 g/mol. The molecule has 0 spiro atoms. The average Bonchev–Trinajstić information content (AvgIpc) is 2.78. The monoisotopic (exact) mass is 390 g/mol. The van der Waals surface area contributed by atoms with Crippen molar-refractivity contribution < 1.29 is 19.0 Å². The van der Waals surface area contributed by atoms with Gasteiger partial charge in [0.25, 0.3) is 0 Å². The van der Waals surface area contributed by atoms with E-state index in [0.717, 1.165) is 17.0 Å². The molecule has 6 nitrogen and oxygen atoms in total. The maximum Gasteiger partial charge on any atom is 0.337 e. The smallest absolute Gasteiger partial charge is 0.337 e. The first-order valence-electron chi connectivity index (χ1n) is 9.13. The van der Waals surface area contributed by atoms with Gasteiger partial charge < -0.3 is 14.2 Å². The van der Waals surface area contributed by atoms with Crippen LogP contribution in [-0.4, -0.2) is 32.5 Å². The highest BCUT2D eigenvalue weighted by atomic mass is 16.5. The zero-order valence-electron chi connectivity index (χ0n) is 16.1. The number of carbonyl (C=O) groups is 1. The Morgan fingerprint density at radius 3 is 2.34 bits per heavy atom. The van der Waals surface area contributed by atoms with Gasteiger partial charge in [0.2, 0.25) is 0 Å². The molecule has 0 radical (unpaired) electrons. The Morgan fingerprint density at radius 2 is 1.62 bits per heavy atom. The van der Waals surface area contributed by atoms with Gasteiger partial charge in [0.05, 0.1) is 24.6 Å². The summed E-state index contributed by atoms with van der Waals surface area (Å²) < 4.78 is 16.0. The molecule has 0 atom stereocenters. The van der Waals surface area contributed by atoms with Crippen molar-refractivity contribution in [2.45, 2.75) is 0 Å². The maximum atomic E-state index is 11.5. The van der Waals surface area contributed by atoms with Crippen LogP contribution in [0.2, 0.25) is 0 Å². The number of ether oxygens (including phenoxy) is 3. The van der Waals surface area contributed by atoms with E-state index in [-0.39, 0.29) is 0 Å². The van der Waals surface area contributed by atoms with E-state index in [4.69, 9.17) is 14.2 Å². The van der Waals surface area contributed by atoms with Gasteiger partial charge in [0, 0.05) is 0 Å². The van der Waals surface area contributed by atoms with Crippen molar-refractivity contribution in [2.75, 3.05) is 25.7 Å². The molecule has 29 heavy (non-hydrogen) atoms. The summed E-state index contributed by atoms with van der Waals surface area (Å²) in [6, 6.07) is 24.2. The van der Waals surface area contributed by atoms with Crippen LogP contribution in [0, 0.1) is 0 Å². The third kappa shape index (κ3) is 6.39. The number of benzene rings is 3. The second-order valence-corrected chi connectivity index (χ2v) is 6.02. The maximum absolute atomic E-state index is 11.5. The first-order chi connectivity index (χ1) is 14.2. The summed E-state index contributed by atoms with van der Waals surface area (Å²) in [5.74, 6) is 0.938. The molecule has 0 fully saturated rings. The Hall–Kier alpha value is -3.80. The van der Waals surface area contributed by atoms with Gasteiger partial charge in [0.15, 0.2) is 0 Å². The van der Waals surface area contributed by atoms with Crippen LogP contribution in [0.5, 0.6) is 11.5 Å². The molecule has 0 unspecified atom stereocenters. The first kappa shape index (κ1) is 19.9. The van der Waals surface area contributed by atoms with E-state index in [1.807, 2.05) is 54.6 Å². The third-order valence-corrected chi connectivity index (χ3v) is 3.94. The van der Waals surface area contributed by atoms with Gasteiger partial charge >= 0.3 is 5.97 Å². The number of para-hydroxylation sites is 1. The van der Waals surface area contributed by atoms with Gasteiger partial charge in [-0.25, -0.2) is 4.79 Å². The Kier molecular flexibility index (Phi) is 7.23. The number of methoxy groups -OCH3 is 1.